The van der Waals surface area contributed by atoms with Crippen LogP contribution in [0, 0.1) is 6.92 Å². The number of para-hydroxylation sites is 1. The van der Waals surface area contributed by atoms with E-state index in [2.05, 4.69) is 9.62 Å². The maximum absolute atomic E-state index is 12.7. The SMILES string of the molecule is Cc1ccc(S(=O)(=O)NC(C)C(=O)N2CCN(c3ccccc3Cl)CC2)cc1. The molecular weight excluding hydrogens is 398 g/mol. The molecule has 1 unspecified atom stereocenters. The highest BCUT2D eigenvalue weighted by Crippen LogP contribution is 2.26. The number of aryl methyl sites for hydroxylation is 1. The zero-order valence-electron chi connectivity index (χ0n) is 15.9. The van der Waals surface area contributed by atoms with Crippen molar-refractivity contribution < 1.29 is 13.2 Å². The van der Waals surface area contributed by atoms with Crippen LogP contribution < -0.4 is 9.62 Å². The molecule has 0 spiro atoms. The fourth-order valence-corrected chi connectivity index (χ4v) is 4.67. The number of halogens is 1. The molecule has 0 bridgehead atoms. The van der Waals surface area contributed by atoms with Crippen molar-refractivity contribution in [2.24, 2.45) is 0 Å². The highest BCUT2D eigenvalue weighted by molar-refractivity contribution is 7.89. The van der Waals surface area contributed by atoms with E-state index in [1.165, 1.54) is 12.1 Å². The van der Waals surface area contributed by atoms with Gasteiger partial charge in [-0.25, -0.2) is 8.42 Å². The molecule has 1 fully saturated rings. The molecule has 1 aliphatic heterocycles. The first-order valence-electron chi connectivity index (χ1n) is 9.15. The van der Waals surface area contributed by atoms with Gasteiger partial charge in [-0.2, -0.15) is 4.72 Å². The maximum Gasteiger partial charge on any atom is 0.241 e. The summed E-state index contributed by atoms with van der Waals surface area (Å²) in [6.07, 6.45) is 0. The van der Waals surface area contributed by atoms with Crippen molar-refractivity contribution in [3.63, 3.8) is 0 Å². The molecule has 2 aromatic carbocycles. The number of piperazine rings is 1. The Kier molecular flexibility index (Phi) is 6.27. The van der Waals surface area contributed by atoms with Crippen LogP contribution in [0.3, 0.4) is 0 Å². The molecule has 1 heterocycles. The molecular formula is C20H24ClN3O3S. The number of anilines is 1. The molecule has 8 heteroatoms. The average molecular weight is 422 g/mol. The van der Waals surface area contributed by atoms with Crippen molar-refractivity contribution in [1.82, 2.24) is 9.62 Å². The first-order chi connectivity index (χ1) is 13.3. The zero-order chi connectivity index (χ0) is 20.3. The number of benzene rings is 2. The Balaban J connectivity index is 1.60. The van der Waals surface area contributed by atoms with Gasteiger partial charge in [-0.3, -0.25) is 4.79 Å². The van der Waals surface area contributed by atoms with E-state index in [1.54, 1.807) is 24.0 Å². The highest BCUT2D eigenvalue weighted by atomic mass is 35.5. The third kappa shape index (κ3) is 4.66. The van der Waals surface area contributed by atoms with E-state index in [9.17, 15) is 13.2 Å². The van der Waals surface area contributed by atoms with Crippen LogP contribution in [0.15, 0.2) is 53.4 Å². The van der Waals surface area contributed by atoms with E-state index >= 15 is 0 Å². The van der Waals surface area contributed by atoms with Gasteiger partial charge in [-0.05, 0) is 38.1 Å². The smallest absolute Gasteiger partial charge is 0.241 e. The van der Waals surface area contributed by atoms with Crippen LogP contribution in [0.4, 0.5) is 5.69 Å². The van der Waals surface area contributed by atoms with Crippen molar-refractivity contribution in [1.29, 1.82) is 0 Å². The first-order valence-corrected chi connectivity index (χ1v) is 11.0. The summed E-state index contributed by atoms with van der Waals surface area (Å²) in [5.74, 6) is -0.227. The van der Waals surface area contributed by atoms with Crippen LogP contribution in [0.2, 0.25) is 5.02 Å². The van der Waals surface area contributed by atoms with Crippen molar-refractivity contribution in [2.45, 2.75) is 24.8 Å². The molecule has 0 saturated carbocycles. The number of hydrogen-bond donors (Lipinski definition) is 1. The fraction of sp³-hybridized carbons (Fsp3) is 0.350. The third-order valence-electron chi connectivity index (χ3n) is 4.82. The largest absolute Gasteiger partial charge is 0.367 e. The molecule has 0 radical (unpaired) electrons. The molecule has 1 N–H and O–H groups in total. The number of hydrogen-bond acceptors (Lipinski definition) is 4. The van der Waals surface area contributed by atoms with E-state index in [-0.39, 0.29) is 10.8 Å². The van der Waals surface area contributed by atoms with Crippen LogP contribution in [0.1, 0.15) is 12.5 Å². The predicted molar refractivity (Wildman–Crippen MR) is 111 cm³/mol. The molecule has 0 aliphatic carbocycles. The number of amides is 1. The van der Waals surface area contributed by atoms with E-state index in [4.69, 9.17) is 11.6 Å². The van der Waals surface area contributed by atoms with Crippen LogP contribution in [0.25, 0.3) is 0 Å². The van der Waals surface area contributed by atoms with Gasteiger partial charge in [0.1, 0.15) is 0 Å². The lowest BCUT2D eigenvalue weighted by atomic mass is 10.2. The van der Waals surface area contributed by atoms with Gasteiger partial charge in [0.25, 0.3) is 0 Å². The van der Waals surface area contributed by atoms with Gasteiger partial charge in [-0.1, -0.05) is 41.4 Å². The molecule has 28 heavy (non-hydrogen) atoms. The molecule has 0 aromatic heterocycles. The van der Waals surface area contributed by atoms with Crippen LogP contribution in [0.5, 0.6) is 0 Å². The van der Waals surface area contributed by atoms with Gasteiger partial charge in [0, 0.05) is 26.2 Å². The summed E-state index contributed by atoms with van der Waals surface area (Å²) < 4.78 is 27.5. The maximum atomic E-state index is 12.7. The zero-order valence-corrected chi connectivity index (χ0v) is 17.5. The third-order valence-corrected chi connectivity index (χ3v) is 6.69. The quantitative estimate of drug-likeness (QED) is 0.805. The Bertz CT molecular complexity index is 939. The van der Waals surface area contributed by atoms with Gasteiger partial charge < -0.3 is 9.80 Å². The second-order valence-electron chi connectivity index (χ2n) is 6.92. The molecule has 1 amide bonds. The molecule has 150 valence electrons. The van der Waals surface area contributed by atoms with Crippen LogP contribution >= 0.6 is 11.6 Å². The molecule has 1 saturated heterocycles. The Labute approximate surface area is 171 Å². The summed E-state index contributed by atoms with van der Waals surface area (Å²) in [6.45, 7) is 5.79. The summed E-state index contributed by atoms with van der Waals surface area (Å²) in [7, 11) is -3.74. The van der Waals surface area contributed by atoms with Gasteiger partial charge in [0.05, 0.1) is 21.6 Å². The van der Waals surface area contributed by atoms with Gasteiger partial charge in [-0.15, -0.1) is 0 Å². The number of sulfonamides is 1. The van der Waals surface area contributed by atoms with Crippen molar-refractivity contribution in [2.75, 3.05) is 31.1 Å². The lowest BCUT2D eigenvalue weighted by molar-refractivity contribution is -0.132. The van der Waals surface area contributed by atoms with Crippen LogP contribution in [-0.2, 0) is 14.8 Å². The standard InChI is InChI=1S/C20H24ClN3O3S/c1-15-7-9-17(10-8-15)28(26,27)22-16(2)20(25)24-13-11-23(12-14-24)19-6-4-3-5-18(19)21/h3-10,16,22H,11-14H2,1-2H3. The van der Waals surface area contributed by atoms with Gasteiger partial charge >= 0.3 is 0 Å². The van der Waals surface area contributed by atoms with Crippen LogP contribution in [-0.4, -0.2) is 51.4 Å². The fourth-order valence-electron chi connectivity index (χ4n) is 3.22. The van der Waals surface area contributed by atoms with Crippen molar-refractivity contribution >= 4 is 33.2 Å². The number of carbonyl (C=O) groups excluding carboxylic acids is 1. The molecule has 2 aromatic rings. The average Bonchev–Trinajstić information content (AvgIpc) is 2.68. The van der Waals surface area contributed by atoms with E-state index in [1.807, 2.05) is 31.2 Å². The molecule has 1 atom stereocenters. The minimum Gasteiger partial charge on any atom is -0.367 e. The second-order valence-corrected chi connectivity index (χ2v) is 9.04. The highest BCUT2D eigenvalue weighted by Gasteiger charge is 2.28. The molecule has 1 aliphatic rings. The van der Waals surface area contributed by atoms with Gasteiger partial charge in [0.15, 0.2) is 0 Å². The van der Waals surface area contributed by atoms with E-state index in [0.29, 0.717) is 31.2 Å². The topological polar surface area (TPSA) is 69.7 Å². The monoisotopic (exact) mass is 421 g/mol. The Morgan fingerprint density at radius 2 is 1.64 bits per heavy atom. The Hall–Kier alpha value is -2.09. The summed E-state index contributed by atoms with van der Waals surface area (Å²) in [5, 5.41) is 0.682. The van der Waals surface area contributed by atoms with E-state index < -0.39 is 16.1 Å². The summed E-state index contributed by atoms with van der Waals surface area (Å²) >= 11 is 6.25. The minimum absolute atomic E-state index is 0.154. The first kappa shape index (κ1) is 20.6. The number of nitrogens with one attached hydrogen (secondary N) is 1. The second kappa shape index (κ2) is 8.51. The number of carbonyl (C=O) groups is 1. The number of rotatable bonds is 5. The molecule has 6 nitrogen and oxygen atoms in total. The van der Waals surface area contributed by atoms with Crippen molar-refractivity contribution in [3.8, 4) is 0 Å². The number of nitrogens with zero attached hydrogens (tertiary/aromatic N) is 2. The van der Waals surface area contributed by atoms with Crippen molar-refractivity contribution in [3.05, 3.63) is 59.1 Å². The summed E-state index contributed by atoms with van der Waals surface area (Å²) in [4.78, 5) is 16.7. The minimum atomic E-state index is -3.74. The molecule has 3 rings (SSSR count). The summed E-state index contributed by atoms with van der Waals surface area (Å²) in [5.41, 5.74) is 1.92. The lowest BCUT2D eigenvalue weighted by Crippen LogP contribution is -2.54. The van der Waals surface area contributed by atoms with E-state index in [0.717, 1.165) is 11.3 Å². The van der Waals surface area contributed by atoms with Gasteiger partial charge in [0.2, 0.25) is 15.9 Å². The summed E-state index contributed by atoms with van der Waals surface area (Å²) in [6, 6.07) is 13.3. The predicted octanol–water partition coefficient (Wildman–Crippen LogP) is 2.66. The Morgan fingerprint density at radius 3 is 2.25 bits per heavy atom. The lowest BCUT2D eigenvalue weighted by Gasteiger charge is -2.37. The Morgan fingerprint density at radius 1 is 1.04 bits per heavy atom. The normalized spacial score (nSPS) is 16.1.